The lowest BCUT2D eigenvalue weighted by Gasteiger charge is -2.40. The number of ether oxygens (including phenoxy) is 3. The molecule has 53 heavy (non-hydrogen) atoms. The molecule has 2 atom stereocenters. The summed E-state index contributed by atoms with van der Waals surface area (Å²) in [7, 11) is 3.24. The van der Waals surface area contributed by atoms with E-state index >= 15 is 0 Å². The molecule has 15 heteroatoms. The number of nitrogens with one attached hydrogen (secondary N) is 1. The monoisotopic (exact) mass is 773 g/mol. The van der Waals surface area contributed by atoms with Crippen LogP contribution in [0.1, 0.15) is 67.2 Å². The van der Waals surface area contributed by atoms with Crippen molar-refractivity contribution in [3.63, 3.8) is 0 Å². The summed E-state index contributed by atoms with van der Waals surface area (Å²) in [4.78, 5) is 39.4. The molecular weight excluding hydrogens is 725 g/mol. The van der Waals surface area contributed by atoms with Crippen molar-refractivity contribution in [3.8, 4) is 16.3 Å². The van der Waals surface area contributed by atoms with Gasteiger partial charge in [-0.2, -0.15) is 0 Å². The molecule has 3 heterocycles. The average molecular weight is 774 g/mol. The third-order valence-corrected chi connectivity index (χ3v) is 9.21. The van der Waals surface area contributed by atoms with Crippen LogP contribution in [-0.4, -0.2) is 88.2 Å². The Labute approximate surface area is 319 Å². The SMILES string of the molecule is COC[C@@H]1Cn2cc(-c3nnc(Cc4ccc(F)cc4)s3)c(=O)c(O)c2C(=O)N1C(C)C.COC[C@H](CCC(=O)OCc1ccccc1)NC(C)C.Cl. The number of carbonyl (C=O) groups excluding carboxylic acids is 2. The van der Waals surface area contributed by atoms with Crippen molar-refractivity contribution in [1.29, 1.82) is 0 Å². The minimum absolute atomic E-state index is 0. The minimum Gasteiger partial charge on any atom is -0.503 e. The zero-order valence-corrected chi connectivity index (χ0v) is 32.5. The number of esters is 1. The average Bonchev–Trinajstić information content (AvgIpc) is 3.57. The van der Waals surface area contributed by atoms with Crippen LogP contribution in [0, 0.1) is 5.82 Å². The molecule has 0 saturated heterocycles. The van der Waals surface area contributed by atoms with Gasteiger partial charge >= 0.3 is 5.97 Å². The number of pyridine rings is 1. The van der Waals surface area contributed by atoms with Gasteiger partial charge in [-0.3, -0.25) is 14.4 Å². The quantitative estimate of drug-likeness (QED) is 0.146. The second kappa shape index (κ2) is 20.9. The van der Waals surface area contributed by atoms with Gasteiger partial charge in [0, 0.05) is 57.9 Å². The summed E-state index contributed by atoms with van der Waals surface area (Å²) in [6.45, 7) is 9.55. The molecule has 0 unspecified atom stereocenters. The molecule has 1 amide bonds. The zero-order valence-electron chi connectivity index (χ0n) is 30.9. The lowest BCUT2D eigenvalue weighted by atomic mass is 10.1. The molecule has 4 aromatic rings. The van der Waals surface area contributed by atoms with E-state index < -0.39 is 17.1 Å². The van der Waals surface area contributed by atoms with Crippen LogP contribution in [0.2, 0.25) is 0 Å². The van der Waals surface area contributed by atoms with E-state index in [9.17, 15) is 23.9 Å². The van der Waals surface area contributed by atoms with E-state index in [0.29, 0.717) is 55.3 Å². The Morgan fingerprint density at radius 3 is 2.34 bits per heavy atom. The topological polar surface area (TPSA) is 145 Å². The molecule has 0 saturated carbocycles. The van der Waals surface area contributed by atoms with Gasteiger partial charge < -0.3 is 34.1 Å². The number of benzene rings is 2. The van der Waals surface area contributed by atoms with Gasteiger partial charge in [0.2, 0.25) is 5.43 Å². The highest BCUT2D eigenvalue weighted by molar-refractivity contribution is 7.14. The summed E-state index contributed by atoms with van der Waals surface area (Å²) < 4.78 is 30.4. The molecule has 288 valence electrons. The predicted molar refractivity (Wildman–Crippen MR) is 204 cm³/mol. The number of halogens is 2. The van der Waals surface area contributed by atoms with Gasteiger partial charge in [-0.05, 0) is 43.5 Å². The highest BCUT2D eigenvalue weighted by Crippen LogP contribution is 2.30. The van der Waals surface area contributed by atoms with Crippen LogP contribution in [0.25, 0.3) is 10.6 Å². The number of methoxy groups -OCH3 is 2. The summed E-state index contributed by atoms with van der Waals surface area (Å²) in [6, 6.07) is 16.0. The van der Waals surface area contributed by atoms with Crippen molar-refractivity contribution in [2.24, 2.45) is 0 Å². The molecule has 5 rings (SSSR count). The fourth-order valence-corrected chi connectivity index (χ4v) is 6.84. The second-order valence-corrected chi connectivity index (χ2v) is 14.2. The first-order valence-electron chi connectivity index (χ1n) is 17.2. The first-order chi connectivity index (χ1) is 24.9. The van der Waals surface area contributed by atoms with Crippen molar-refractivity contribution in [2.75, 3.05) is 27.4 Å². The number of aromatic nitrogens is 3. The number of hydrogen-bond acceptors (Lipinski definition) is 11. The van der Waals surface area contributed by atoms with Gasteiger partial charge in [-0.25, -0.2) is 4.39 Å². The van der Waals surface area contributed by atoms with Gasteiger partial charge in [0.1, 0.15) is 17.4 Å². The highest BCUT2D eigenvalue weighted by Gasteiger charge is 2.37. The zero-order chi connectivity index (χ0) is 37.8. The predicted octanol–water partition coefficient (Wildman–Crippen LogP) is 5.63. The fourth-order valence-electron chi connectivity index (χ4n) is 5.96. The number of fused-ring (bicyclic) bond motifs is 1. The van der Waals surface area contributed by atoms with Crippen molar-refractivity contribution in [3.05, 3.63) is 98.7 Å². The Kier molecular flexibility index (Phi) is 17.0. The summed E-state index contributed by atoms with van der Waals surface area (Å²) >= 11 is 1.22. The van der Waals surface area contributed by atoms with Gasteiger partial charge in [0.05, 0.1) is 24.8 Å². The maximum atomic E-state index is 13.1. The summed E-state index contributed by atoms with van der Waals surface area (Å²) in [5, 5.41) is 23.3. The Morgan fingerprint density at radius 1 is 1.02 bits per heavy atom. The standard InChI is InChI=1S/C22H23FN4O4S.C16H25NO3.ClH/c1-12(2)27-15(11-31-3)9-26-10-16(19(28)20(29)18(26)22(27)30)21-25-24-17(32-21)8-13-4-6-14(23)7-5-13;1-13(2)17-15(12-19-3)9-10-16(18)20-11-14-7-5-4-6-8-14;/h4-7,10,12,15,29H,8-9,11H2,1-3H3;4-8,13,15,17H,9-12H2,1-3H3;1H/t2*15-;/m00./s1. The van der Waals surface area contributed by atoms with Gasteiger partial charge in [0.15, 0.2) is 16.5 Å². The molecule has 0 spiro atoms. The maximum absolute atomic E-state index is 13.1. The third kappa shape index (κ3) is 12.2. The summed E-state index contributed by atoms with van der Waals surface area (Å²) in [6.07, 6.45) is 3.12. The molecule has 1 aliphatic heterocycles. The van der Waals surface area contributed by atoms with Crippen molar-refractivity contribution < 1.29 is 33.3 Å². The molecule has 2 aromatic carbocycles. The van der Waals surface area contributed by atoms with E-state index in [1.54, 1.807) is 42.0 Å². The van der Waals surface area contributed by atoms with Crippen molar-refractivity contribution >= 4 is 35.6 Å². The van der Waals surface area contributed by atoms with Crippen LogP contribution >= 0.6 is 23.7 Å². The number of hydrogen-bond donors (Lipinski definition) is 2. The van der Waals surface area contributed by atoms with Crippen LogP contribution in [0.3, 0.4) is 0 Å². The number of nitrogens with zero attached hydrogens (tertiary/aromatic N) is 4. The highest BCUT2D eigenvalue weighted by atomic mass is 35.5. The molecule has 2 aromatic heterocycles. The van der Waals surface area contributed by atoms with E-state index in [2.05, 4.69) is 29.4 Å². The first-order valence-corrected chi connectivity index (χ1v) is 18.0. The van der Waals surface area contributed by atoms with Crippen molar-refractivity contribution in [1.82, 2.24) is 25.0 Å². The number of amides is 1. The maximum Gasteiger partial charge on any atom is 0.306 e. The fraction of sp³-hybridized carbons (Fsp3) is 0.447. The molecule has 0 bridgehead atoms. The van der Waals surface area contributed by atoms with E-state index in [1.807, 2.05) is 44.2 Å². The molecule has 0 radical (unpaired) electrons. The molecule has 0 aliphatic carbocycles. The van der Waals surface area contributed by atoms with Gasteiger partial charge in [-0.15, -0.1) is 22.6 Å². The lowest BCUT2D eigenvalue weighted by molar-refractivity contribution is -0.145. The lowest BCUT2D eigenvalue weighted by Crippen LogP contribution is -2.53. The Morgan fingerprint density at radius 2 is 1.72 bits per heavy atom. The first kappa shape index (κ1) is 43.2. The molecule has 1 aliphatic rings. The molecule has 12 nitrogen and oxygen atoms in total. The van der Waals surface area contributed by atoms with E-state index in [1.165, 1.54) is 23.5 Å². The normalized spacial score (nSPS) is 14.3. The van der Waals surface area contributed by atoms with Crippen LogP contribution < -0.4 is 10.7 Å². The largest absolute Gasteiger partial charge is 0.503 e. The molecule has 2 N–H and O–H groups in total. The number of aromatic hydroxyl groups is 1. The molecular formula is C38H49ClFN5O7S. The smallest absolute Gasteiger partial charge is 0.306 e. The minimum atomic E-state index is -0.664. The van der Waals surface area contributed by atoms with Gasteiger partial charge in [-0.1, -0.05) is 67.6 Å². The van der Waals surface area contributed by atoms with E-state index in [-0.39, 0.29) is 53.6 Å². The Hall–Kier alpha value is -4.21. The van der Waals surface area contributed by atoms with Crippen LogP contribution in [0.4, 0.5) is 4.39 Å². The Balaban J connectivity index is 0.000000312. The van der Waals surface area contributed by atoms with E-state index in [4.69, 9.17) is 14.2 Å². The summed E-state index contributed by atoms with van der Waals surface area (Å²) in [5.74, 6) is -1.49. The second-order valence-electron chi connectivity index (χ2n) is 13.1. The number of rotatable bonds is 15. The third-order valence-electron chi connectivity index (χ3n) is 8.25. The summed E-state index contributed by atoms with van der Waals surface area (Å²) in [5.41, 5.74) is 1.35. The van der Waals surface area contributed by atoms with Crippen LogP contribution in [-0.2, 0) is 38.6 Å². The van der Waals surface area contributed by atoms with Crippen LogP contribution in [0.5, 0.6) is 5.75 Å². The Bertz CT molecular complexity index is 1820. The van der Waals surface area contributed by atoms with Crippen LogP contribution in [0.15, 0.2) is 65.6 Å². The molecule has 0 fully saturated rings. The van der Waals surface area contributed by atoms with E-state index in [0.717, 1.165) is 17.5 Å². The van der Waals surface area contributed by atoms with Gasteiger partial charge in [0.25, 0.3) is 5.91 Å². The number of carbonyl (C=O) groups is 2. The van der Waals surface area contributed by atoms with Crippen molar-refractivity contribution in [2.45, 2.75) is 84.3 Å².